The van der Waals surface area contributed by atoms with Gasteiger partial charge in [-0.05, 0) is 112 Å². The first kappa shape index (κ1) is 54.6. The largest absolute Gasteiger partial charge is 0.457 e. The van der Waals surface area contributed by atoms with E-state index in [9.17, 15) is 43.5 Å². The zero-order chi connectivity index (χ0) is 48.3. The molecule has 1 aromatic carbocycles. The SMILES string of the molecule is CC[C@@H](O)[C@@](C)(O)C1OC(=O)[C@H](C)[C@H](O[C@H]2C[C@@](C)(OC)[C@](O)(CNCc3ccc(C(F)(F)F)cc3)[C@H](C)O2)[C@H](C)[C@H](O[C@H]2O[C@H](C)C[C@H](N(C)C)C2O)[C@@](C)(O)C[C@H](C)CN[C@@H]1C. The van der Waals surface area contributed by atoms with Gasteiger partial charge in [0.25, 0.3) is 0 Å². The van der Waals surface area contributed by atoms with Crippen LogP contribution in [0.15, 0.2) is 24.3 Å². The number of likely N-dealkylation sites (N-methyl/N-ethyl adjacent to an activating group) is 1. The molecule has 0 spiro atoms. The van der Waals surface area contributed by atoms with Crippen LogP contribution in [0.2, 0.25) is 0 Å². The van der Waals surface area contributed by atoms with Crippen molar-refractivity contribution in [3.63, 3.8) is 0 Å². The third-order valence-electron chi connectivity index (χ3n) is 14.2. The molecule has 7 N–H and O–H groups in total. The van der Waals surface area contributed by atoms with Crippen molar-refractivity contribution in [2.24, 2.45) is 17.8 Å². The Balaban J connectivity index is 1.73. The van der Waals surface area contributed by atoms with Crippen LogP contribution in [0.1, 0.15) is 106 Å². The number of alkyl halides is 3. The Hall–Kier alpha value is -2.04. The molecule has 2 unspecified atom stereocenters. The summed E-state index contributed by atoms with van der Waals surface area (Å²) in [6, 6.07) is 3.73. The predicted octanol–water partition coefficient (Wildman–Crippen LogP) is 3.74. The molecule has 3 fully saturated rings. The number of nitrogens with one attached hydrogen (secondary N) is 2. The number of hydrogen-bond donors (Lipinski definition) is 7. The summed E-state index contributed by atoms with van der Waals surface area (Å²) in [7, 11) is 5.14. The second kappa shape index (κ2) is 21.5. The minimum absolute atomic E-state index is 0.0658. The molecular weight excluding hydrogens is 844 g/mol. The summed E-state index contributed by atoms with van der Waals surface area (Å²) in [5, 5.41) is 65.7. The lowest BCUT2D eigenvalue weighted by Gasteiger charge is -2.53. The lowest BCUT2D eigenvalue weighted by molar-refractivity contribution is -0.336. The van der Waals surface area contributed by atoms with Crippen LogP contribution >= 0.6 is 0 Å². The van der Waals surface area contributed by atoms with Crippen molar-refractivity contribution in [1.82, 2.24) is 15.5 Å². The molecule has 0 aromatic heterocycles. The van der Waals surface area contributed by atoms with Gasteiger partial charge >= 0.3 is 12.1 Å². The molecule has 18 atom stereocenters. The first-order valence-corrected chi connectivity index (χ1v) is 22.7. The molecule has 370 valence electrons. The number of carbonyl (C=O) groups excluding carboxylic acids is 1. The molecule has 3 heterocycles. The Morgan fingerprint density at radius 2 is 1.64 bits per heavy atom. The average Bonchev–Trinajstić information content (AvgIpc) is 3.21. The maximum atomic E-state index is 14.6. The highest BCUT2D eigenvalue weighted by molar-refractivity contribution is 5.73. The van der Waals surface area contributed by atoms with E-state index in [1.54, 1.807) is 48.5 Å². The van der Waals surface area contributed by atoms with E-state index < -0.39 is 107 Å². The number of benzene rings is 1. The number of rotatable bonds is 13. The van der Waals surface area contributed by atoms with Gasteiger partial charge in [0, 0.05) is 44.6 Å². The Morgan fingerprint density at radius 3 is 2.20 bits per heavy atom. The molecule has 15 nitrogen and oxygen atoms in total. The van der Waals surface area contributed by atoms with E-state index >= 15 is 0 Å². The molecule has 0 radical (unpaired) electrons. The van der Waals surface area contributed by atoms with Crippen LogP contribution in [-0.2, 0) is 45.9 Å². The van der Waals surface area contributed by atoms with E-state index in [-0.39, 0.29) is 50.4 Å². The van der Waals surface area contributed by atoms with Gasteiger partial charge in [0.15, 0.2) is 12.6 Å². The second-order valence-electron chi connectivity index (χ2n) is 19.8. The topological polar surface area (TPSA) is 201 Å². The summed E-state index contributed by atoms with van der Waals surface area (Å²) in [5.41, 5.74) is -6.75. The minimum Gasteiger partial charge on any atom is -0.457 e. The van der Waals surface area contributed by atoms with Crippen LogP contribution in [0.4, 0.5) is 13.2 Å². The number of aliphatic hydroxyl groups is 5. The van der Waals surface area contributed by atoms with E-state index in [0.717, 1.165) is 12.1 Å². The Bertz CT molecular complexity index is 1640. The maximum Gasteiger partial charge on any atom is 0.416 e. The zero-order valence-electron chi connectivity index (χ0n) is 40.0. The van der Waals surface area contributed by atoms with Crippen LogP contribution in [0.5, 0.6) is 0 Å². The molecule has 3 aliphatic rings. The standard InChI is InChI=1S/C46H78F3N3O12/c1-14-34(53)44(10,57)39-29(6)51-22-25(2)20-42(8,56)38(64-41-36(54)33(52(11)12)19-26(3)60-41)27(4)37(28(5)40(55)63-39)62-35-21-43(9,59-13)45(58,30(7)61-35)24-50-23-31-15-17-32(18-16-31)46(47,48)49/h15-18,25-30,33-39,41,50-51,53-54,56-58H,14,19-24H2,1-13H3/t25-,26+,27-,28+,29+,30-,33-,34+,35-,36?,37+,38-,39?,41+,42-,43+,44+,45-/m0/s1. The molecule has 64 heavy (non-hydrogen) atoms. The number of esters is 1. The predicted molar refractivity (Wildman–Crippen MR) is 232 cm³/mol. The fraction of sp³-hybridized carbons (Fsp3) is 0.848. The van der Waals surface area contributed by atoms with Gasteiger partial charge in [-0.25, -0.2) is 0 Å². The van der Waals surface area contributed by atoms with Crippen LogP contribution in [-0.4, -0.2) is 160 Å². The second-order valence-corrected chi connectivity index (χ2v) is 19.8. The summed E-state index contributed by atoms with van der Waals surface area (Å²) >= 11 is 0. The van der Waals surface area contributed by atoms with E-state index in [1.807, 2.05) is 32.8 Å². The maximum absolute atomic E-state index is 14.6. The molecule has 0 bridgehead atoms. The van der Waals surface area contributed by atoms with E-state index in [0.29, 0.717) is 18.5 Å². The number of cyclic esters (lactones) is 1. The van der Waals surface area contributed by atoms with Crippen molar-refractivity contribution in [2.75, 3.05) is 34.3 Å². The highest BCUT2D eigenvalue weighted by Crippen LogP contribution is 2.43. The summed E-state index contributed by atoms with van der Waals surface area (Å²) in [6.45, 7) is 17.4. The van der Waals surface area contributed by atoms with Crippen LogP contribution in [0, 0.1) is 17.8 Å². The number of aliphatic hydroxyl groups excluding tert-OH is 2. The molecule has 4 rings (SSSR count). The minimum atomic E-state index is -4.47. The van der Waals surface area contributed by atoms with Crippen molar-refractivity contribution in [3.05, 3.63) is 35.4 Å². The number of halogens is 3. The van der Waals surface area contributed by atoms with Crippen LogP contribution in [0.25, 0.3) is 0 Å². The molecule has 0 amide bonds. The van der Waals surface area contributed by atoms with Crippen molar-refractivity contribution in [1.29, 1.82) is 0 Å². The average molecular weight is 922 g/mol. The van der Waals surface area contributed by atoms with E-state index in [1.165, 1.54) is 26.2 Å². The van der Waals surface area contributed by atoms with Gasteiger partial charge in [-0.3, -0.25) is 4.79 Å². The fourth-order valence-corrected chi connectivity index (χ4v) is 9.96. The Morgan fingerprint density at radius 1 is 1.02 bits per heavy atom. The van der Waals surface area contributed by atoms with Crippen molar-refractivity contribution < 1.29 is 71.9 Å². The molecule has 1 aromatic rings. The molecular formula is C46H78F3N3O12. The highest BCUT2D eigenvalue weighted by Gasteiger charge is 2.58. The summed E-state index contributed by atoms with van der Waals surface area (Å²) in [6.07, 6.45) is -13.1. The van der Waals surface area contributed by atoms with E-state index in [4.69, 9.17) is 28.4 Å². The molecule has 0 aliphatic carbocycles. The number of methoxy groups -OCH3 is 1. The zero-order valence-corrected chi connectivity index (χ0v) is 40.0. The van der Waals surface area contributed by atoms with Crippen LogP contribution in [0.3, 0.4) is 0 Å². The first-order chi connectivity index (χ1) is 29.5. The van der Waals surface area contributed by atoms with E-state index in [2.05, 4.69) is 10.6 Å². The van der Waals surface area contributed by atoms with Crippen molar-refractivity contribution in [2.45, 2.75) is 197 Å². The monoisotopic (exact) mass is 922 g/mol. The molecule has 18 heteroatoms. The third kappa shape index (κ3) is 12.3. The van der Waals surface area contributed by atoms with Gasteiger partial charge in [0.05, 0.1) is 47.6 Å². The normalized spacial score (nSPS) is 41.3. The van der Waals surface area contributed by atoms with Crippen LogP contribution < -0.4 is 10.6 Å². The molecule has 3 saturated heterocycles. The Labute approximate surface area is 377 Å². The number of nitrogens with zero attached hydrogens (tertiary/aromatic N) is 1. The molecule has 3 aliphatic heterocycles. The Kier molecular flexibility index (Phi) is 18.3. The molecule has 0 saturated carbocycles. The number of ether oxygens (including phenoxy) is 6. The lowest BCUT2D eigenvalue weighted by Crippen LogP contribution is -2.70. The number of hydrogen-bond acceptors (Lipinski definition) is 15. The number of carbonyl (C=O) groups is 1. The smallest absolute Gasteiger partial charge is 0.416 e. The third-order valence-corrected chi connectivity index (χ3v) is 14.2. The van der Waals surface area contributed by atoms with Gasteiger partial charge in [0.2, 0.25) is 0 Å². The highest BCUT2D eigenvalue weighted by atomic mass is 19.4. The van der Waals surface area contributed by atoms with Crippen molar-refractivity contribution in [3.8, 4) is 0 Å². The fourth-order valence-electron chi connectivity index (χ4n) is 9.96. The van der Waals surface area contributed by atoms with Gasteiger partial charge in [-0.15, -0.1) is 0 Å². The summed E-state index contributed by atoms with van der Waals surface area (Å²) < 4.78 is 77.9. The van der Waals surface area contributed by atoms with Gasteiger partial charge in [0.1, 0.15) is 29.0 Å². The summed E-state index contributed by atoms with van der Waals surface area (Å²) in [4.78, 5) is 16.4. The lowest BCUT2D eigenvalue weighted by atomic mass is 9.75. The van der Waals surface area contributed by atoms with Gasteiger partial charge in [-0.2, -0.15) is 13.2 Å². The van der Waals surface area contributed by atoms with Crippen molar-refractivity contribution >= 4 is 5.97 Å². The quantitative estimate of drug-likeness (QED) is 0.141. The first-order valence-electron chi connectivity index (χ1n) is 22.7. The van der Waals surface area contributed by atoms with Gasteiger partial charge < -0.3 is 69.5 Å². The van der Waals surface area contributed by atoms with Gasteiger partial charge in [-0.1, -0.05) is 32.9 Å². The summed E-state index contributed by atoms with van der Waals surface area (Å²) in [5.74, 6) is -2.99.